The van der Waals surface area contributed by atoms with Crippen molar-refractivity contribution >= 4 is 29.1 Å². The zero-order valence-electron chi connectivity index (χ0n) is 21.0. The van der Waals surface area contributed by atoms with E-state index in [1.165, 1.54) is 7.11 Å². The van der Waals surface area contributed by atoms with Crippen LogP contribution in [0.25, 0.3) is 22.7 Å². The van der Waals surface area contributed by atoms with Crippen molar-refractivity contribution in [2.24, 2.45) is 0 Å². The van der Waals surface area contributed by atoms with E-state index < -0.39 is 0 Å². The number of carbonyl (C=O) groups excluding carboxylic acids is 1. The summed E-state index contributed by atoms with van der Waals surface area (Å²) in [5, 5.41) is 0. The second kappa shape index (κ2) is 12.1. The molecule has 2 aromatic heterocycles. The molecule has 0 N–H and O–H groups in total. The first kappa shape index (κ1) is 25.8. The summed E-state index contributed by atoms with van der Waals surface area (Å²) in [6.45, 7) is 2.22. The highest BCUT2D eigenvalue weighted by atomic mass is 32.2. The first-order valence-corrected chi connectivity index (χ1v) is 13.8. The molecule has 6 nitrogen and oxygen atoms in total. The van der Waals surface area contributed by atoms with Gasteiger partial charge in [-0.15, -0.1) is 11.3 Å². The minimum Gasteiger partial charge on any atom is -0.487 e. The number of benzene rings is 3. The maximum Gasteiger partial charge on any atom is 0.305 e. The Labute approximate surface area is 229 Å². The molecule has 0 aliphatic rings. The van der Waals surface area contributed by atoms with Gasteiger partial charge >= 0.3 is 5.97 Å². The topological polar surface area (TPSA) is 74.5 Å². The molecule has 0 aliphatic carbocycles. The third-order valence-electron chi connectivity index (χ3n) is 5.83. The second-order valence-corrected chi connectivity index (χ2v) is 10.8. The van der Waals surface area contributed by atoms with E-state index in [9.17, 15) is 4.79 Å². The number of thiazole rings is 1. The van der Waals surface area contributed by atoms with Crippen molar-refractivity contribution in [3.05, 3.63) is 101 Å². The van der Waals surface area contributed by atoms with E-state index in [0.29, 0.717) is 25.3 Å². The van der Waals surface area contributed by atoms with Crippen molar-refractivity contribution in [3.8, 4) is 28.5 Å². The molecule has 2 heterocycles. The zero-order chi connectivity index (χ0) is 26.3. The molecular weight excluding hydrogens is 516 g/mol. The Morgan fingerprint density at radius 1 is 0.921 bits per heavy atom. The van der Waals surface area contributed by atoms with E-state index in [1.54, 1.807) is 23.1 Å². The Bertz CT molecular complexity index is 1500. The SMILES string of the molecule is COC(=O)CCc1sc(Sc2ccc(OCc3nc(-c4ccccc4)oc3C)cc2)nc1-c1ccccc1. The van der Waals surface area contributed by atoms with Crippen LogP contribution in [0.3, 0.4) is 0 Å². The molecule has 0 radical (unpaired) electrons. The van der Waals surface area contributed by atoms with Crippen LogP contribution in [0.1, 0.15) is 22.8 Å². The fourth-order valence-electron chi connectivity index (χ4n) is 3.81. The van der Waals surface area contributed by atoms with Crippen LogP contribution in [0.2, 0.25) is 0 Å². The van der Waals surface area contributed by atoms with Gasteiger partial charge in [0.05, 0.1) is 19.2 Å². The van der Waals surface area contributed by atoms with Gasteiger partial charge in [-0.05, 0) is 49.7 Å². The lowest BCUT2D eigenvalue weighted by atomic mass is 10.1. The van der Waals surface area contributed by atoms with Crippen LogP contribution in [-0.2, 0) is 22.6 Å². The molecule has 0 saturated carbocycles. The summed E-state index contributed by atoms with van der Waals surface area (Å²) < 4.78 is 17.6. The number of methoxy groups -OCH3 is 1. The van der Waals surface area contributed by atoms with Crippen LogP contribution in [-0.4, -0.2) is 23.0 Å². The number of hydrogen-bond donors (Lipinski definition) is 0. The second-order valence-electron chi connectivity index (χ2n) is 8.44. The predicted molar refractivity (Wildman–Crippen MR) is 149 cm³/mol. The summed E-state index contributed by atoms with van der Waals surface area (Å²) in [7, 11) is 1.41. The van der Waals surface area contributed by atoms with Crippen LogP contribution < -0.4 is 4.74 Å². The minimum absolute atomic E-state index is 0.223. The number of oxazole rings is 1. The zero-order valence-corrected chi connectivity index (χ0v) is 22.7. The molecule has 0 bridgehead atoms. The third kappa shape index (κ3) is 6.33. The fraction of sp³-hybridized carbons (Fsp3) is 0.167. The molecule has 0 atom stereocenters. The molecule has 0 spiro atoms. The number of ether oxygens (including phenoxy) is 2. The molecule has 3 aromatic carbocycles. The average molecular weight is 543 g/mol. The molecule has 0 saturated heterocycles. The van der Waals surface area contributed by atoms with Crippen molar-refractivity contribution in [2.45, 2.75) is 35.6 Å². The molecular formula is C30H26N2O4S2. The van der Waals surface area contributed by atoms with Crippen molar-refractivity contribution in [3.63, 3.8) is 0 Å². The summed E-state index contributed by atoms with van der Waals surface area (Å²) in [6.07, 6.45) is 0.919. The number of carbonyl (C=O) groups is 1. The van der Waals surface area contributed by atoms with Gasteiger partial charge in [-0.2, -0.15) is 0 Å². The summed E-state index contributed by atoms with van der Waals surface area (Å²) in [5.74, 6) is 1.87. The smallest absolute Gasteiger partial charge is 0.305 e. The van der Waals surface area contributed by atoms with Crippen molar-refractivity contribution in [1.82, 2.24) is 9.97 Å². The van der Waals surface area contributed by atoms with Gasteiger partial charge in [0.15, 0.2) is 4.34 Å². The van der Waals surface area contributed by atoms with Crippen LogP contribution in [0, 0.1) is 6.92 Å². The lowest BCUT2D eigenvalue weighted by Gasteiger charge is -2.05. The monoisotopic (exact) mass is 542 g/mol. The number of aromatic nitrogens is 2. The van der Waals surface area contributed by atoms with Crippen molar-refractivity contribution in [2.75, 3.05) is 7.11 Å². The lowest BCUT2D eigenvalue weighted by molar-refractivity contribution is -0.140. The molecule has 38 heavy (non-hydrogen) atoms. The van der Waals surface area contributed by atoms with Crippen molar-refractivity contribution < 1.29 is 18.7 Å². The number of esters is 1. The Balaban J connectivity index is 1.25. The highest BCUT2D eigenvalue weighted by Crippen LogP contribution is 2.38. The van der Waals surface area contributed by atoms with E-state index in [1.807, 2.05) is 91.9 Å². The van der Waals surface area contributed by atoms with E-state index in [2.05, 4.69) is 4.98 Å². The maximum atomic E-state index is 11.7. The number of rotatable bonds is 10. The van der Waals surface area contributed by atoms with Crippen LogP contribution >= 0.6 is 23.1 Å². The molecule has 5 aromatic rings. The van der Waals surface area contributed by atoms with Gasteiger partial charge in [-0.1, -0.05) is 60.3 Å². The molecule has 8 heteroatoms. The maximum absolute atomic E-state index is 11.7. The molecule has 5 rings (SSSR count). The summed E-state index contributed by atoms with van der Waals surface area (Å²) >= 11 is 3.20. The molecule has 192 valence electrons. The van der Waals surface area contributed by atoms with Crippen molar-refractivity contribution in [1.29, 1.82) is 0 Å². The molecule has 0 unspecified atom stereocenters. The first-order valence-electron chi connectivity index (χ1n) is 12.1. The van der Waals surface area contributed by atoms with Crippen LogP contribution in [0.4, 0.5) is 0 Å². The summed E-state index contributed by atoms with van der Waals surface area (Å²) in [6, 6.07) is 27.8. The largest absolute Gasteiger partial charge is 0.487 e. The number of aryl methyl sites for hydroxylation is 2. The van der Waals surface area contributed by atoms with Gasteiger partial charge in [0.25, 0.3) is 0 Å². The van der Waals surface area contributed by atoms with Gasteiger partial charge in [0.1, 0.15) is 23.8 Å². The Morgan fingerprint density at radius 2 is 1.61 bits per heavy atom. The van der Waals surface area contributed by atoms with Gasteiger partial charge in [-0.25, -0.2) is 9.97 Å². The Kier molecular flexibility index (Phi) is 8.21. The quantitative estimate of drug-likeness (QED) is 0.168. The first-order chi connectivity index (χ1) is 18.6. The highest BCUT2D eigenvalue weighted by molar-refractivity contribution is 8.01. The highest BCUT2D eigenvalue weighted by Gasteiger charge is 2.16. The van der Waals surface area contributed by atoms with Gasteiger partial charge in [0, 0.05) is 20.9 Å². The average Bonchev–Trinajstić information content (AvgIpc) is 3.55. The normalized spacial score (nSPS) is 10.9. The fourth-order valence-corrected chi connectivity index (χ4v) is 5.98. The van der Waals surface area contributed by atoms with Crippen LogP contribution in [0.15, 0.2) is 98.6 Å². The van der Waals surface area contributed by atoms with Gasteiger partial charge in [-0.3, -0.25) is 4.79 Å². The molecule has 0 amide bonds. The molecule has 0 aliphatic heterocycles. The predicted octanol–water partition coefficient (Wildman–Crippen LogP) is 7.61. The standard InChI is InChI=1S/C30H26N2O4S2/c1-20-25(31-29(36-20)22-11-7-4-8-12-22)19-35-23-13-15-24(16-14-23)37-30-32-28(21-9-5-3-6-10-21)26(38-30)17-18-27(33)34-2/h3-16H,17-19H2,1-2H3. The number of hydrogen-bond acceptors (Lipinski definition) is 8. The van der Waals surface area contributed by atoms with E-state index in [0.717, 1.165) is 48.1 Å². The number of nitrogens with zero attached hydrogens (tertiary/aromatic N) is 2. The Morgan fingerprint density at radius 3 is 2.29 bits per heavy atom. The summed E-state index contributed by atoms with van der Waals surface area (Å²) in [4.78, 5) is 23.3. The molecule has 0 fully saturated rings. The third-order valence-corrected chi connectivity index (χ3v) is 8.01. The minimum atomic E-state index is -0.223. The van der Waals surface area contributed by atoms with Gasteiger partial charge < -0.3 is 13.9 Å². The van der Waals surface area contributed by atoms with E-state index in [-0.39, 0.29) is 5.97 Å². The van der Waals surface area contributed by atoms with Gasteiger partial charge in [0.2, 0.25) is 5.89 Å². The lowest BCUT2D eigenvalue weighted by Crippen LogP contribution is -2.01. The summed E-state index contributed by atoms with van der Waals surface area (Å²) in [5.41, 5.74) is 3.67. The van der Waals surface area contributed by atoms with Crippen LogP contribution in [0.5, 0.6) is 5.75 Å². The van der Waals surface area contributed by atoms with E-state index >= 15 is 0 Å². The Hall–Kier alpha value is -3.88. The van der Waals surface area contributed by atoms with E-state index in [4.69, 9.17) is 18.9 Å².